The zero-order valence-corrected chi connectivity index (χ0v) is 15.8. The Balaban J connectivity index is 1.64. The number of hydrogen-bond donors (Lipinski definition) is 0. The Morgan fingerprint density at radius 2 is 1.76 bits per heavy atom. The Bertz CT molecular complexity index is 774. The maximum atomic E-state index is 12.7. The second kappa shape index (κ2) is 7.92. The minimum atomic E-state index is -0.468. The van der Waals surface area contributed by atoms with Crippen LogP contribution in [-0.2, 0) is 6.54 Å². The third-order valence-corrected chi connectivity index (χ3v) is 5.24. The number of piperazine rings is 1. The van der Waals surface area contributed by atoms with Gasteiger partial charge in [0.05, 0.1) is 10.5 Å². The van der Waals surface area contributed by atoms with E-state index in [-0.39, 0.29) is 11.6 Å². The molecule has 6 nitrogen and oxygen atoms in total. The molecule has 0 bridgehead atoms. The summed E-state index contributed by atoms with van der Waals surface area (Å²) in [4.78, 5) is 27.3. The van der Waals surface area contributed by atoms with Gasteiger partial charge >= 0.3 is 0 Å². The van der Waals surface area contributed by atoms with Gasteiger partial charge in [-0.05, 0) is 34.2 Å². The summed E-state index contributed by atoms with van der Waals surface area (Å²) in [6.07, 6.45) is 0. The van der Waals surface area contributed by atoms with Crippen molar-refractivity contribution in [3.8, 4) is 0 Å². The number of benzene rings is 2. The summed E-state index contributed by atoms with van der Waals surface area (Å²) in [6.45, 7) is 3.73. The molecule has 1 fully saturated rings. The van der Waals surface area contributed by atoms with Crippen molar-refractivity contribution in [2.24, 2.45) is 0 Å². The maximum Gasteiger partial charge on any atom is 0.270 e. The van der Waals surface area contributed by atoms with Crippen LogP contribution in [0.4, 0.5) is 5.69 Å². The topological polar surface area (TPSA) is 66.7 Å². The van der Waals surface area contributed by atoms with Crippen molar-refractivity contribution < 1.29 is 9.72 Å². The molecule has 1 saturated heterocycles. The SMILES string of the molecule is O=C(c1cc([N+](=O)[O-])ccc1I)N1CCN(Cc2ccccc2)CC1. The highest BCUT2D eigenvalue weighted by Gasteiger charge is 2.25. The molecule has 25 heavy (non-hydrogen) atoms. The summed E-state index contributed by atoms with van der Waals surface area (Å²) in [6, 6.07) is 14.7. The van der Waals surface area contributed by atoms with Gasteiger partial charge in [0.1, 0.15) is 0 Å². The third-order valence-electron chi connectivity index (χ3n) is 4.30. The van der Waals surface area contributed by atoms with Crippen LogP contribution in [0.15, 0.2) is 48.5 Å². The lowest BCUT2D eigenvalue weighted by Gasteiger charge is -2.35. The fourth-order valence-electron chi connectivity index (χ4n) is 2.91. The quantitative estimate of drug-likeness (QED) is 0.407. The first-order valence-electron chi connectivity index (χ1n) is 8.04. The van der Waals surface area contributed by atoms with E-state index in [1.165, 1.54) is 17.7 Å². The molecule has 3 rings (SSSR count). The number of amides is 1. The van der Waals surface area contributed by atoms with Crippen LogP contribution in [0.3, 0.4) is 0 Å². The molecule has 7 heteroatoms. The van der Waals surface area contributed by atoms with Gasteiger partial charge < -0.3 is 4.90 Å². The molecule has 130 valence electrons. The minimum Gasteiger partial charge on any atom is -0.336 e. The zero-order valence-electron chi connectivity index (χ0n) is 13.6. The summed E-state index contributed by atoms with van der Waals surface area (Å²) >= 11 is 2.05. The van der Waals surface area contributed by atoms with E-state index in [1.54, 1.807) is 11.0 Å². The van der Waals surface area contributed by atoms with Crippen LogP contribution < -0.4 is 0 Å². The van der Waals surface area contributed by atoms with Crippen molar-refractivity contribution in [2.45, 2.75) is 6.54 Å². The summed E-state index contributed by atoms with van der Waals surface area (Å²) in [5, 5.41) is 11.0. The predicted octanol–water partition coefficient (Wildman–Crippen LogP) is 3.16. The van der Waals surface area contributed by atoms with E-state index in [0.717, 1.165) is 23.2 Å². The van der Waals surface area contributed by atoms with Crippen LogP contribution in [0, 0.1) is 13.7 Å². The van der Waals surface area contributed by atoms with Gasteiger partial charge in [-0.25, -0.2) is 0 Å². The molecule has 1 aliphatic rings. The normalized spacial score (nSPS) is 15.2. The highest BCUT2D eigenvalue weighted by atomic mass is 127. The van der Waals surface area contributed by atoms with Gasteiger partial charge in [-0.3, -0.25) is 19.8 Å². The van der Waals surface area contributed by atoms with E-state index in [1.807, 2.05) is 18.2 Å². The van der Waals surface area contributed by atoms with E-state index in [2.05, 4.69) is 39.6 Å². The summed E-state index contributed by atoms with van der Waals surface area (Å²) < 4.78 is 0.736. The maximum absolute atomic E-state index is 12.7. The van der Waals surface area contributed by atoms with Crippen molar-refractivity contribution in [1.82, 2.24) is 9.80 Å². The first-order valence-corrected chi connectivity index (χ1v) is 9.12. The molecule has 2 aromatic rings. The van der Waals surface area contributed by atoms with E-state index < -0.39 is 4.92 Å². The molecule has 1 aliphatic heterocycles. The number of carbonyl (C=O) groups is 1. The number of non-ortho nitro benzene ring substituents is 1. The zero-order chi connectivity index (χ0) is 17.8. The lowest BCUT2D eigenvalue weighted by Crippen LogP contribution is -2.48. The predicted molar refractivity (Wildman–Crippen MR) is 103 cm³/mol. The fourth-order valence-corrected chi connectivity index (χ4v) is 3.48. The summed E-state index contributed by atoms with van der Waals surface area (Å²) in [7, 11) is 0. The molecule has 0 unspecified atom stereocenters. The van der Waals surface area contributed by atoms with E-state index in [9.17, 15) is 14.9 Å². The Kier molecular flexibility index (Phi) is 5.64. The Morgan fingerprint density at radius 3 is 2.40 bits per heavy atom. The molecule has 0 atom stereocenters. The molecular weight excluding hydrogens is 433 g/mol. The van der Waals surface area contributed by atoms with Gasteiger partial charge in [-0.2, -0.15) is 0 Å². The molecule has 1 amide bonds. The van der Waals surface area contributed by atoms with E-state index >= 15 is 0 Å². The minimum absolute atomic E-state index is 0.0496. The number of nitro groups is 1. The third kappa shape index (κ3) is 4.35. The lowest BCUT2D eigenvalue weighted by atomic mass is 10.1. The number of hydrogen-bond acceptors (Lipinski definition) is 4. The van der Waals surface area contributed by atoms with E-state index in [0.29, 0.717) is 18.7 Å². The van der Waals surface area contributed by atoms with Crippen molar-refractivity contribution in [2.75, 3.05) is 26.2 Å². The van der Waals surface area contributed by atoms with Crippen LogP contribution in [-0.4, -0.2) is 46.8 Å². The van der Waals surface area contributed by atoms with Gasteiger partial charge in [-0.1, -0.05) is 30.3 Å². The van der Waals surface area contributed by atoms with Crippen LogP contribution >= 0.6 is 22.6 Å². The first-order chi connectivity index (χ1) is 12.0. The average Bonchev–Trinajstić information content (AvgIpc) is 2.63. The monoisotopic (exact) mass is 451 g/mol. The molecule has 0 aromatic heterocycles. The Hall–Kier alpha value is -2.00. The molecule has 0 N–H and O–H groups in total. The molecule has 0 radical (unpaired) electrons. The van der Waals surface area contributed by atoms with Gasteiger partial charge in [0.2, 0.25) is 0 Å². The number of nitrogens with zero attached hydrogens (tertiary/aromatic N) is 3. The fraction of sp³-hybridized carbons (Fsp3) is 0.278. The Morgan fingerprint density at radius 1 is 1.08 bits per heavy atom. The van der Waals surface area contributed by atoms with Crippen LogP contribution in [0.5, 0.6) is 0 Å². The second-order valence-electron chi connectivity index (χ2n) is 5.98. The second-order valence-corrected chi connectivity index (χ2v) is 7.14. The molecule has 0 spiro atoms. The average molecular weight is 451 g/mol. The van der Waals surface area contributed by atoms with Gasteiger partial charge in [0, 0.05) is 48.4 Å². The number of halogens is 1. The smallest absolute Gasteiger partial charge is 0.270 e. The standard InChI is InChI=1S/C18H18IN3O3/c19-17-7-6-15(22(24)25)12-16(17)18(23)21-10-8-20(9-11-21)13-14-4-2-1-3-5-14/h1-7,12H,8-11,13H2. The van der Waals surface area contributed by atoms with Crippen LogP contribution in [0.25, 0.3) is 0 Å². The van der Waals surface area contributed by atoms with Crippen LogP contribution in [0.2, 0.25) is 0 Å². The van der Waals surface area contributed by atoms with Crippen LogP contribution in [0.1, 0.15) is 15.9 Å². The van der Waals surface area contributed by atoms with E-state index in [4.69, 9.17) is 0 Å². The number of nitro benzene ring substituents is 1. The highest BCUT2D eigenvalue weighted by molar-refractivity contribution is 14.1. The molecule has 1 heterocycles. The van der Waals surface area contributed by atoms with Gasteiger partial charge in [0.15, 0.2) is 0 Å². The lowest BCUT2D eigenvalue weighted by molar-refractivity contribution is -0.384. The van der Waals surface area contributed by atoms with Gasteiger partial charge in [-0.15, -0.1) is 0 Å². The summed E-state index contributed by atoms with van der Waals surface area (Å²) in [5.74, 6) is -0.132. The molecule has 0 aliphatic carbocycles. The number of rotatable bonds is 4. The largest absolute Gasteiger partial charge is 0.336 e. The number of carbonyl (C=O) groups excluding carboxylic acids is 1. The van der Waals surface area contributed by atoms with Crippen molar-refractivity contribution in [3.05, 3.63) is 73.3 Å². The molecule has 2 aromatic carbocycles. The highest BCUT2D eigenvalue weighted by Crippen LogP contribution is 2.22. The van der Waals surface area contributed by atoms with Gasteiger partial charge in [0.25, 0.3) is 11.6 Å². The first kappa shape index (κ1) is 17.8. The summed E-state index contributed by atoms with van der Waals surface area (Å²) in [5.41, 5.74) is 1.62. The van der Waals surface area contributed by atoms with Crippen molar-refractivity contribution >= 4 is 34.2 Å². The van der Waals surface area contributed by atoms with Crippen molar-refractivity contribution in [1.29, 1.82) is 0 Å². The Labute approximate surface area is 159 Å². The van der Waals surface area contributed by atoms with Crippen molar-refractivity contribution in [3.63, 3.8) is 0 Å². The molecule has 0 saturated carbocycles. The molecular formula is C18H18IN3O3.